The lowest BCUT2D eigenvalue weighted by Gasteiger charge is -2.43. The minimum absolute atomic E-state index is 0.138. The summed E-state index contributed by atoms with van der Waals surface area (Å²) in [7, 11) is 0. The van der Waals surface area contributed by atoms with Crippen molar-refractivity contribution in [2.45, 2.75) is 51.2 Å². The summed E-state index contributed by atoms with van der Waals surface area (Å²) in [6.07, 6.45) is 4.07. The first-order valence-corrected chi connectivity index (χ1v) is 12.3. The Morgan fingerprint density at radius 1 is 1.29 bits per heavy atom. The average molecular weight is 466 g/mol. The molecule has 0 aliphatic carbocycles. The number of aromatic amines is 1. The Hall–Kier alpha value is -2.93. The predicted octanol–water partition coefficient (Wildman–Crippen LogP) is 5.42. The lowest BCUT2D eigenvalue weighted by atomic mass is 9.88. The molecule has 0 saturated carbocycles. The van der Waals surface area contributed by atoms with E-state index in [1.807, 2.05) is 6.07 Å². The van der Waals surface area contributed by atoms with E-state index in [1.165, 1.54) is 10.9 Å². The zero-order valence-corrected chi connectivity index (χ0v) is 20.0. The van der Waals surface area contributed by atoms with Crippen LogP contribution >= 0.6 is 0 Å². The third kappa shape index (κ3) is 4.06. The second kappa shape index (κ2) is 9.37. The van der Waals surface area contributed by atoms with E-state index >= 15 is 4.39 Å². The van der Waals surface area contributed by atoms with Gasteiger partial charge in [-0.3, -0.25) is 9.29 Å². The number of nitrogens with zero attached hydrogens (tertiary/aromatic N) is 3. The quantitative estimate of drug-likeness (QED) is 0.467. The SMILES string of the molecule is C=C(CC)N1[C@H](c2cnc(NC3CN(CCCF)C3)c(F)c2)c2[nH]c3ccccc3c2C[C@H]1C. The Morgan fingerprint density at radius 3 is 2.82 bits per heavy atom. The Labute approximate surface area is 199 Å². The van der Waals surface area contributed by atoms with E-state index in [4.69, 9.17) is 0 Å². The molecule has 34 heavy (non-hydrogen) atoms. The maximum absolute atomic E-state index is 15.3. The number of hydrogen-bond donors (Lipinski definition) is 2. The number of fused-ring (bicyclic) bond motifs is 3. The molecule has 0 bridgehead atoms. The largest absolute Gasteiger partial charge is 0.362 e. The third-order valence-electron chi connectivity index (χ3n) is 7.23. The molecule has 7 heteroatoms. The van der Waals surface area contributed by atoms with Crippen LogP contribution in [0.2, 0.25) is 0 Å². The maximum Gasteiger partial charge on any atom is 0.165 e. The lowest BCUT2D eigenvalue weighted by Crippen LogP contribution is -2.55. The number of allylic oxidation sites excluding steroid dienone is 1. The summed E-state index contributed by atoms with van der Waals surface area (Å²) in [5, 5.41) is 4.44. The number of hydrogen-bond acceptors (Lipinski definition) is 4. The van der Waals surface area contributed by atoms with Gasteiger partial charge < -0.3 is 15.2 Å². The summed E-state index contributed by atoms with van der Waals surface area (Å²) in [5.74, 6) is -0.0712. The zero-order valence-electron chi connectivity index (χ0n) is 20.0. The Morgan fingerprint density at radius 2 is 2.09 bits per heavy atom. The van der Waals surface area contributed by atoms with Crippen LogP contribution in [0.5, 0.6) is 0 Å². The van der Waals surface area contributed by atoms with Gasteiger partial charge in [0.15, 0.2) is 11.6 Å². The topological polar surface area (TPSA) is 47.2 Å². The molecule has 2 atom stereocenters. The van der Waals surface area contributed by atoms with Crippen molar-refractivity contribution in [2.75, 3.05) is 31.6 Å². The second-order valence-corrected chi connectivity index (χ2v) is 9.59. The van der Waals surface area contributed by atoms with E-state index in [1.54, 1.807) is 12.3 Å². The van der Waals surface area contributed by atoms with Crippen LogP contribution in [0, 0.1) is 5.82 Å². The van der Waals surface area contributed by atoms with Gasteiger partial charge in [0.1, 0.15) is 0 Å². The zero-order chi connectivity index (χ0) is 23.8. The van der Waals surface area contributed by atoms with Gasteiger partial charge in [-0.1, -0.05) is 31.7 Å². The molecule has 1 saturated heterocycles. The molecule has 0 amide bonds. The van der Waals surface area contributed by atoms with Crippen LogP contribution in [0.3, 0.4) is 0 Å². The van der Waals surface area contributed by atoms with Crippen LogP contribution in [0.4, 0.5) is 14.6 Å². The number of para-hydroxylation sites is 1. The fourth-order valence-electron chi connectivity index (χ4n) is 5.49. The van der Waals surface area contributed by atoms with Crippen molar-refractivity contribution in [3.63, 3.8) is 0 Å². The van der Waals surface area contributed by atoms with Gasteiger partial charge in [-0.25, -0.2) is 9.37 Å². The molecule has 2 aliphatic rings. The molecule has 1 aromatic carbocycles. The number of rotatable bonds is 8. The highest BCUT2D eigenvalue weighted by Gasteiger charge is 2.36. The van der Waals surface area contributed by atoms with E-state index < -0.39 is 0 Å². The van der Waals surface area contributed by atoms with E-state index in [0.717, 1.165) is 54.9 Å². The summed E-state index contributed by atoms with van der Waals surface area (Å²) in [6.45, 7) is 10.7. The lowest BCUT2D eigenvalue weighted by molar-refractivity contribution is 0.155. The Kier molecular flexibility index (Phi) is 6.30. The maximum atomic E-state index is 15.3. The number of aromatic nitrogens is 2. The van der Waals surface area contributed by atoms with Crippen LogP contribution in [-0.2, 0) is 6.42 Å². The first kappa shape index (κ1) is 22.8. The summed E-state index contributed by atoms with van der Waals surface area (Å²) >= 11 is 0. The van der Waals surface area contributed by atoms with Crippen molar-refractivity contribution in [1.82, 2.24) is 19.8 Å². The molecule has 0 spiro atoms. The molecular weight excluding hydrogens is 432 g/mol. The number of likely N-dealkylation sites (tertiary alicyclic amines) is 1. The standard InChI is InChI=1S/C27H33F2N5/c1-4-17(2)34-18(3)12-22-21-8-5-6-9-24(21)32-25(22)26(34)19-13-23(29)27(30-14-19)31-20-15-33(16-20)11-7-10-28/h5-6,8-9,13-14,18,20,26,32H,2,4,7,10-12,15-16H2,1,3H3,(H,30,31)/t18-,26-/m1/s1. The number of benzene rings is 1. The molecule has 5 nitrogen and oxygen atoms in total. The van der Waals surface area contributed by atoms with Crippen molar-refractivity contribution in [3.05, 3.63) is 71.4 Å². The molecular formula is C27H33F2N5. The van der Waals surface area contributed by atoms with Crippen LogP contribution in [-0.4, -0.2) is 58.2 Å². The number of pyridine rings is 1. The fraction of sp³-hybridized carbons (Fsp3) is 0.444. The van der Waals surface area contributed by atoms with Crippen molar-refractivity contribution in [1.29, 1.82) is 0 Å². The number of H-pyrrole nitrogens is 1. The molecule has 0 unspecified atom stereocenters. The Balaban J connectivity index is 1.45. The molecule has 1 fully saturated rings. The molecule has 2 N–H and O–H groups in total. The number of anilines is 1. The van der Waals surface area contributed by atoms with Gasteiger partial charge in [0.2, 0.25) is 0 Å². The van der Waals surface area contributed by atoms with E-state index in [9.17, 15) is 4.39 Å². The molecule has 2 aliphatic heterocycles. The molecule has 2 aromatic heterocycles. The molecule has 0 radical (unpaired) electrons. The smallest absolute Gasteiger partial charge is 0.165 e. The molecule has 3 aromatic rings. The molecule has 5 rings (SSSR count). The van der Waals surface area contributed by atoms with Gasteiger partial charge in [0, 0.05) is 59.7 Å². The number of nitrogens with one attached hydrogen (secondary N) is 2. The van der Waals surface area contributed by atoms with E-state index in [-0.39, 0.29) is 36.4 Å². The summed E-state index contributed by atoms with van der Waals surface area (Å²) in [4.78, 5) is 12.6. The number of alkyl halides is 1. The van der Waals surface area contributed by atoms with Crippen LogP contribution in [0.25, 0.3) is 10.9 Å². The highest BCUT2D eigenvalue weighted by molar-refractivity contribution is 5.85. The minimum Gasteiger partial charge on any atom is -0.362 e. The monoisotopic (exact) mass is 465 g/mol. The van der Waals surface area contributed by atoms with Crippen LogP contribution < -0.4 is 5.32 Å². The Bertz CT molecular complexity index is 1180. The highest BCUT2D eigenvalue weighted by atomic mass is 19.1. The number of halogens is 2. The first-order valence-electron chi connectivity index (χ1n) is 12.3. The van der Waals surface area contributed by atoms with Crippen LogP contribution in [0.1, 0.15) is 49.6 Å². The predicted molar refractivity (Wildman–Crippen MR) is 133 cm³/mol. The summed E-state index contributed by atoms with van der Waals surface area (Å²) in [6, 6.07) is 10.2. The second-order valence-electron chi connectivity index (χ2n) is 9.59. The summed E-state index contributed by atoms with van der Waals surface area (Å²) < 4.78 is 27.6. The first-order chi connectivity index (χ1) is 16.5. The van der Waals surface area contributed by atoms with Gasteiger partial charge in [0.25, 0.3) is 0 Å². The van der Waals surface area contributed by atoms with Crippen molar-refractivity contribution in [3.8, 4) is 0 Å². The summed E-state index contributed by atoms with van der Waals surface area (Å²) in [5.41, 5.74) is 5.34. The minimum atomic E-state index is -0.349. The van der Waals surface area contributed by atoms with E-state index in [0.29, 0.717) is 6.42 Å². The van der Waals surface area contributed by atoms with E-state index in [2.05, 4.69) is 63.7 Å². The average Bonchev–Trinajstić information content (AvgIpc) is 3.18. The normalized spacial score (nSPS) is 20.9. The van der Waals surface area contributed by atoms with Gasteiger partial charge in [0.05, 0.1) is 18.8 Å². The fourth-order valence-corrected chi connectivity index (χ4v) is 5.49. The van der Waals surface area contributed by atoms with Crippen molar-refractivity contribution < 1.29 is 8.78 Å². The third-order valence-corrected chi connectivity index (χ3v) is 7.23. The van der Waals surface area contributed by atoms with Gasteiger partial charge in [-0.05, 0) is 43.9 Å². The van der Waals surface area contributed by atoms with Gasteiger partial charge in [-0.15, -0.1) is 0 Å². The van der Waals surface area contributed by atoms with Crippen molar-refractivity contribution in [2.24, 2.45) is 0 Å². The van der Waals surface area contributed by atoms with Crippen molar-refractivity contribution >= 4 is 16.7 Å². The molecule has 180 valence electrons. The van der Waals surface area contributed by atoms with Gasteiger partial charge >= 0.3 is 0 Å². The highest BCUT2D eigenvalue weighted by Crippen LogP contribution is 2.43. The van der Waals surface area contributed by atoms with Gasteiger partial charge in [-0.2, -0.15) is 0 Å². The molecule has 4 heterocycles. The van der Waals surface area contributed by atoms with Crippen LogP contribution in [0.15, 0.2) is 48.8 Å².